The minimum absolute atomic E-state index is 0.146. The van der Waals surface area contributed by atoms with Crippen LogP contribution in [0.25, 0.3) is 0 Å². The molecule has 0 unspecified atom stereocenters. The van der Waals surface area contributed by atoms with Gasteiger partial charge < -0.3 is 10.1 Å². The highest BCUT2D eigenvalue weighted by Crippen LogP contribution is 2.24. The molecule has 1 aromatic carbocycles. The van der Waals surface area contributed by atoms with E-state index in [2.05, 4.69) is 22.3 Å². The largest absolute Gasteiger partial charge is 0.497 e. The maximum Gasteiger partial charge on any atom is 0.255 e. The van der Waals surface area contributed by atoms with Crippen molar-refractivity contribution in [3.63, 3.8) is 0 Å². The van der Waals surface area contributed by atoms with Gasteiger partial charge in [-0.05, 0) is 48.7 Å². The molecule has 6 nitrogen and oxygen atoms in total. The normalized spacial score (nSPS) is 11.8. The van der Waals surface area contributed by atoms with Crippen LogP contribution in [0.4, 0.5) is 0 Å². The Morgan fingerprint density at radius 3 is 2.44 bits per heavy atom. The van der Waals surface area contributed by atoms with Gasteiger partial charge in [-0.25, -0.2) is 0 Å². The van der Waals surface area contributed by atoms with E-state index in [1.807, 2.05) is 48.0 Å². The second-order valence-corrected chi connectivity index (χ2v) is 6.33. The van der Waals surface area contributed by atoms with Gasteiger partial charge in [0, 0.05) is 24.6 Å². The van der Waals surface area contributed by atoms with Gasteiger partial charge in [0.05, 0.1) is 24.9 Å². The minimum Gasteiger partial charge on any atom is -0.497 e. The summed E-state index contributed by atoms with van der Waals surface area (Å²) < 4.78 is 7.10. The van der Waals surface area contributed by atoms with E-state index in [1.165, 1.54) is 0 Å². The molecule has 0 saturated carbocycles. The van der Waals surface area contributed by atoms with E-state index < -0.39 is 0 Å². The van der Waals surface area contributed by atoms with Gasteiger partial charge in [-0.3, -0.25) is 14.5 Å². The lowest BCUT2D eigenvalue weighted by Crippen LogP contribution is -2.29. The number of ether oxygens (including phenoxy) is 1. The van der Waals surface area contributed by atoms with E-state index in [9.17, 15) is 4.79 Å². The number of aryl methyl sites for hydroxylation is 1. The molecule has 1 amide bonds. The van der Waals surface area contributed by atoms with Crippen molar-refractivity contribution in [2.75, 3.05) is 7.11 Å². The Kier molecular flexibility index (Phi) is 5.86. The van der Waals surface area contributed by atoms with Crippen LogP contribution in [0.3, 0.4) is 0 Å². The number of rotatable bonds is 7. The van der Waals surface area contributed by atoms with E-state index in [4.69, 9.17) is 4.74 Å². The van der Waals surface area contributed by atoms with Crippen molar-refractivity contribution in [1.82, 2.24) is 20.1 Å². The van der Waals surface area contributed by atoms with Crippen LogP contribution in [0, 0.1) is 6.92 Å². The molecule has 140 valence electrons. The summed E-state index contributed by atoms with van der Waals surface area (Å²) in [6.07, 6.45) is 6.05. The predicted octanol–water partition coefficient (Wildman–Crippen LogP) is 3.52. The molecule has 1 atom stereocenters. The lowest BCUT2D eigenvalue weighted by atomic mass is 9.99. The highest BCUT2D eigenvalue weighted by Gasteiger charge is 2.21. The summed E-state index contributed by atoms with van der Waals surface area (Å²) >= 11 is 0. The molecular weight excluding hydrogens is 340 g/mol. The first-order chi connectivity index (χ1) is 13.1. The number of carbonyl (C=O) groups is 1. The summed E-state index contributed by atoms with van der Waals surface area (Å²) in [4.78, 5) is 17.0. The molecular formula is C21H24N4O2. The van der Waals surface area contributed by atoms with E-state index in [1.54, 1.807) is 25.7 Å². The SMILES string of the molecule is CCCn1ncc(C(=O)N[C@@H](c2ccncc2)c2ccc(OC)cc2)c1C. The van der Waals surface area contributed by atoms with Crippen LogP contribution in [-0.4, -0.2) is 27.8 Å². The summed E-state index contributed by atoms with van der Waals surface area (Å²) in [7, 11) is 1.63. The van der Waals surface area contributed by atoms with E-state index >= 15 is 0 Å². The Bertz CT molecular complexity index is 888. The number of amides is 1. The van der Waals surface area contributed by atoms with Crippen LogP contribution in [0.2, 0.25) is 0 Å². The van der Waals surface area contributed by atoms with Crippen molar-refractivity contribution in [3.8, 4) is 5.75 Å². The Hall–Kier alpha value is -3.15. The predicted molar refractivity (Wildman–Crippen MR) is 104 cm³/mol. The molecule has 0 aliphatic carbocycles. The fraction of sp³-hybridized carbons (Fsp3) is 0.286. The van der Waals surface area contributed by atoms with Crippen LogP contribution in [0.5, 0.6) is 5.75 Å². The molecule has 6 heteroatoms. The van der Waals surface area contributed by atoms with Crippen molar-refractivity contribution in [3.05, 3.63) is 77.4 Å². The number of benzene rings is 1. The number of hydrogen-bond donors (Lipinski definition) is 1. The quantitative estimate of drug-likeness (QED) is 0.696. The molecule has 3 aromatic rings. The zero-order chi connectivity index (χ0) is 19.2. The minimum atomic E-state index is -0.291. The second kappa shape index (κ2) is 8.49. The maximum atomic E-state index is 13.0. The first kappa shape index (κ1) is 18.6. The third-order valence-electron chi connectivity index (χ3n) is 4.55. The van der Waals surface area contributed by atoms with Crippen molar-refractivity contribution in [2.45, 2.75) is 32.9 Å². The second-order valence-electron chi connectivity index (χ2n) is 6.33. The van der Waals surface area contributed by atoms with Crippen LogP contribution >= 0.6 is 0 Å². The summed E-state index contributed by atoms with van der Waals surface area (Å²) in [5.74, 6) is 0.628. The first-order valence-corrected chi connectivity index (χ1v) is 9.01. The molecule has 0 spiro atoms. The zero-order valence-corrected chi connectivity index (χ0v) is 15.8. The number of nitrogens with zero attached hydrogens (tertiary/aromatic N) is 3. The number of pyridine rings is 1. The van der Waals surface area contributed by atoms with E-state index in [0.717, 1.165) is 35.5 Å². The summed E-state index contributed by atoms with van der Waals surface area (Å²) in [6, 6.07) is 11.2. The zero-order valence-electron chi connectivity index (χ0n) is 15.8. The van der Waals surface area contributed by atoms with Gasteiger partial charge in [-0.2, -0.15) is 5.10 Å². The van der Waals surface area contributed by atoms with E-state index in [-0.39, 0.29) is 11.9 Å². The Morgan fingerprint density at radius 2 is 1.81 bits per heavy atom. The first-order valence-electron chi connectivity index (χ1n) is 9.01. The molecule has 3 rings (SSSR count). The van der Waals surface area contributed by atoms with Gasteiger partial charge in [0.1, 0.15) is 5.75 Å². The van der Waals surface area contributed by atoms with Crippen molar-refractivity contribution in [1.29, 1.82) is 0 Å². The molecule has 0 radical (unpaired) electrons. The van der Waals surface area contributed by atoms with Crippen molar-refractivity contribution >= 4 is 5.91 Å². The number of aromatic nitrogens is 3. The molecule has 2 heterocycles. The molecule has 27 heavy (non-hydrogen) atoms. The number of hydrogen-bond acceptors (Lipinski definition) is 4. The number of nitrogens with one attached hydrogen (secondary N) is 1. The van der Waals surface area contributed by atoms with Crippen LogP contribution < -0.4 is 10.1 Å². The third-order valence-corrected chi connectivity index (χ3v) is 4.55. The molecule has 0 saturated heterocycles. The lowest BCUT2D eigenvalue weighted by molar-refractivity contribution is 0.0942. The summed E-state index contributed by atoms with van der Waals surface area (Å²) in [5, 5.41) is 7.47. The molecule has 0 aliphatic heterocycles. The number of methoxy groups -OCH3 is 1. The molecule has 0 aliphatic rings. The molecule has 1 N–H and O–H groups in total. The topological polar surface area (TPSA) is 69.0 Å². The molecule has 0 bridgehead atoms. The number of carbonyl (C=O) groups excluding carboxylic acids is 1. The summed E-state index contributed by atoms with van der Waals surface area (Å²) in [6.45, 7) is 4.81. The average Bonchev–Trinajstić information content (AvgIpc) is 3.07. The van der Waals surface area contributed by atoms with Gasteiger partial charge in [0.15, 0.2) is 0 Å². The van der Waals surface area contributed by atoms with Gasteiger partial charge in [-0.15, -0.1) is 0 Å². The fourth-order valence-electron chi connectivity index (χ4n) is 3.03. The standard InChI is InChI=1S/C21H24N4O2/c1-4-13-25-15(2)19(14-23-25)21(26)24-20(17-9-11-22-12-10-17)16-5-7-18(27-3)8-6-16/h5-12,14,20H,4,13H2,1-3H3,(H,24,26)/t20-/m1/s1. The lowest BCUT2D eigenvalue weighted by Gasteiger charge is -2.20. The van der Waals surface area contributed by atoms with Crippen LogP contribution in [0.1, 0.15) is 46.6 Å². The van der Waals surface area contributed by atoms with Gasteiger partial charge in [0.2, 0.25) is 0 Å². The average molecular weight is 364 g/mol. The van der Waals surface area contributed by atoms with Gasteiger partial charge >= 0.3 is 0 Å². The molecule has 0 fully saturated rings. The van der Waals surface area contributed by atoms with Crippen LogP contribution in [-0.2, 0) is 6.54 Å². The van der Waals surface area contributed by atoms with Gasteiger partial charge in [-0.1, -0.05) is 19.1 Å². The molecule has 2 aromatic heterocycles. The van der Waals surface area contributed by atoms with E-state index in [0.29, 0.717) is 5.56 Å². The Morgan fingerprint density at radius 1 is 1.15 bits per heavy atom. The monoisotopic (exact) mass is 364 g/mol. The highest BCUT2D eigenvalue weighted by molar-refractivity contribution is 5.95. The Labute approximate surface area is 159 Å². The summed E-state index contributed by atoms with van der Waals surface area (Å²) in [5.41, 5.74) is 3.39. The smallest absolute Gasteiger partial charge is 0.255 e. The fourth-order valence-corrected chi connectivity index (χ4v) is 3.03. The highest BCUT2D eigenvalue weighted by atomic mass is 16.5. The Balaban J connectivity index is 1.90. The van der Waals surface area contributed by atoms with Crippen molar-refractivity contribution in [2.24, 2.45) is 0 Å². The third kappa shape index (κ3) is 4.16. The maximum absolute atomic E-state index is 13.0. The van der Waals surface area contributed by atoms with Gasteiger partial charge in [0.25, 0.3) is 5.91 Å². The van der Waals surface area contributed by atoms with Crippen molar-refractivity contribution < 1.29 is 9.53 Å². The van der Waals surface area contributed by atoms with Crippen LogP contribution in [0.15, 0.2) is 55.0 Å².